The predicted molar refractivity (Wildman–Crippen MR) is 94.5 cm³/mol. The summed E-state index contributed by atoms with van der Waals surface area (Å²) in [6, 6.07) is 9.82. The Morgan fingerprint density at radius 3 is 2.65 bits per heavy atom. The minimum absolute atomic E-state index is 0.125. The van der Waals surface area contributed by atoms with Gasteiger partial charge in [-0.15, -0.1) is 10.2 Å². The number of hydrogen-bond donors (Lipinski definition) is 1. The Morgan fingerprint density at radius 2 is 1.91 bits per heavy atom. The normalized spacial score (nSPS) is 16.3. The molecule has 1 fully saturated rings. The lowest BCUT2D eigenvalue weighted by atomic mass is 9.90. The Labute approximate surface area is 140 Å². The highest BCUT2D eigenvalue weighted by Crippen LogP contribution is 2.35. The Balaban J connectivity index is 1.63. The number of benzene rings is 1. The molecule has 4 nitrogen and oxygen atoms in total. The molecule has 5 heteroatoms. The Bertz CT molecular complexity index is 687. The first-order chi connectivity index (χ1) is 11.2. The smallest absolute Gasteiger partial charge is 0.253 e. The average molecular weight is 327 g/mol. The van der Waals surface area contributed by atoms with Crippen molar-refractivity contribution in [2.24, 2.45) is 0 Å². The van der Waals surface area contributed by atoms with Gasteiger partial charge in [-0.2, -0.15) is 0 Å². The Kier molecular flexibility index (Phi) is 5.18. The van der Waals surface area contributed by atoms with Crippen LogP contribution in [0.4, 0.5) is 5.13 Å². The number of carbonyl (C=O) groups is 1. The van der Waals surface area contributed by atoms with Crippen molar-refractivity contribution in [1.82, 2.24) is 10.2 Å². The lowest BCUT2D eigenvalue weighted by Crippen LogP contribution is -2.12. The van der Waals surface area contributed by atoms with Crippen LogP contribution < -0.4 is 5.32 Å². The van der Waals surface area contributed by atoms with E-state index in [1.807, 2.05) is 43.3 Å². The van der Waals surface area contributed by atoms with Gasteiger partial charge in [0.1, 0.15) is 5.01 Å². The van der Waals surface area contributed by atoms with Crippen LogP contribution in [0.1, 0.15) is 55.5 Å². The van der Waals surface area contributed by atoms with Crippen LogP contribution in [-0.2, 0) is 4.79 Å². The molecule has 120 valence electrons. The van der Waals surface area contributed by atoms with Crippen molar-refractivity contribution in [3.05, 3.63) is 46.5 Å². The molecule has 1 amide bonds. The van der Waals surface area contributed by atoms with Crippen LogP contribution in [0.25, 0.3) is 6.08 Å². The van der Waals surface area contributed by atoms with Crippen LogP contribution in [0.3, 0.4) is 0 Å². The van der Waals surface area contributed by atoms with Gasteiger partial charge in [-0.05, 0) is 31.4 Å². The van der Waals surface area contributed by atoms with Crippen LogP contribution in [0.2, 0.25) is 0 Å². The molecular weight excluding hydrogens is 306 g/mol. The minimum Gasteiger partial charge on any atom is -0.297 e. The molecule has 2 aromatic rings. The van der Waals surface area contributed by atoms with Gasteiger partial charge in [0, 0.05) is 11.5 Å². The molecule has 1 aliphatic carbocycles. The molecular formula is C18H21N3OS. The summed E-state index contributed by atoms with van der Waals surface area (Å²) in [6.45, 7) is 1.81. The fraction of sp³-hybridized carbons (Fsp3) is 0.389. The summed E-state index contributed by atoms with van der Waals surface area (Å²) in [5.41, 5.74) is 1.67. The number of anilines is 1. The van der Waals surface area contributed by atoms with Gasteiger partial charge >= 0.3 is 0 Å². The number of hydrogen-bond acceptors (Lipinski definition) is 4. The van der Waals surface area contributed by atoms with Crippen LogP contribution in [0.15, 0.2) is 35.9 Å². The highest BCUT2D eigenvalue weighted by molar-refractivity contribution is 7.15. The lowest BCUT2D eigenvalue weighted by Gasteiger charge is -2.18. The number of nitrogens with zero attached hydrogens (tertiary/aromatic N) is 2. The maximum Gasteiger partial charge on any atom is 0.253 e. The van der Waals surface area contributed by atoms with Gasteiger partial charge in [-0.1, -0.05) is 60.9 Å². The van der Waals surface area contributed by atoms with E-state index in [4.69, 9.17) is 0 Å². The van der Waals surface area contributed by atoms with Crippen LogP contribution in [0, 0.1) is 0 Å². The van der Waals surface area contributed by atoms with Crippen LogP contribution >= 0.6 is 11.3 Å². The summed E-state index contributed by atoms with van der Waals surface area (Å²) >= 11 is 1.51. The highest BCUT2D eigenvalue weighted by Gasteiger charge is 2.20. The third-order valence-electron chi connectivity index (χ3n) is 4.16. The van der Waals surface area contributed by atoms with Crippen molar-refractivity contribution in [2.45, 2.75) is 44.9 Å². The van der Waals surface area contributed by atoms with E-state index in [0.717, 1.165) is 10.6 Å². The van der Waals surface area contributed by atoms with E-state index in [0.29, 0.717) is 16.6 Å². The van der Waals surface area contributed by atoms with Gasteiger partial charge in [0.2, 0.25) is 5.13 Å². The third kappa shape index (κ3) is 4.26. The molecule has 0 atom stereocenters. The first kappa shape index (κ1) is 15.9. The molecule has 3 rings (SSSR count). The second kappa shape index (κ2) is 7.51. The van der Waals surface area contributed by atoms with E-state index in [1.165, 1.54) is 43.4 Å². The molecule has 1 aromatic carbocycles. The van der Waals surface area contributed by atoms with E-state index >= 15 is 0 Å². The Morgan fingerprint density at radius 1 is 1.17 bits per heavy atom. The second-order valence-electron chi connectivity index (χ2n) is 5.97. The zero-order valence-corrected chi connectivity index (χ0v) is 14.1. The van der Waals surface area contributed by atoms with Gasteiger partial charge < -0.3 is 0 Å². The van der Waals surface area contributed by atoms with Crippen molar-refractivity contribution in [3.63, 3.8) is 0 Å². The van der Waals surface area contributed by atoms with E-state index in [9.17, 15) is 4.79 Å². The van der Waals surface area contributed by atoms with Crippen molar-refractivity contribution in [3.8, 4) is 0 Å². The highest BCUT2D eigenvalue weighted by atomic mass is 32.1. The van der Waals surface area contributed by atoms with E-state index in [1.54, 1.807) is 0 Å². The van der Waals surface area contributed by atoms with Crippen molar-refractivity contribution >= 4 is 28.5 Å². The zero-order chi connectivity index (χ0) is 16.1. The van der Waals surface area contributed by atoms with Crippen molar-refractivity contribution in [2.75, 3.05) is 5.32 Å². The topological polar surface area (TPSA) is 54.9 Å². The molecule has 1 heterocycles. The van der Waals surface area contributed by atoms with Gasteiger partial charge in [-0.25, -0.2) is 0 Å². The Hall–Kier alpha value is -2.01. The second-order valence-corrected chi connectivity index (χ2v) is 6.98. The number of aromatic nitrogens is 2. The molecule has 0 unspecified atom stereocenters. The maximum absolute atomic E-state index is 12.3. The molecule has 1 aliphatic rings. The summed E-state index contributed by atoms with van der Waals surface area (Å²) in [4.78, 5) is 12.3. The van der Waals surface area contributed by atoms with Crippen LogP contribution in [0.5, 0.6) is 0 Å². The number of amides is 1. The SMILES string of the molecule is CC(=Cc1ccccc1)C(=O)Nc1nnc(C2CCCCC2)s1. The van der Waals surface area contributed by atoms with Crippen LogP contribution in [-0.4, -0.2) is 16.1 Å². The van der Waals surface area contributed by atoms with E-state index in [2.05, 4.69) is 15.5 Å². The third-order valence-corrected chi connectivity index (χ3v) is 5.16. The maximum atomic E-state index is 12.3. The molecule has 1 N–H and O–H groups in total. The van der Waals surface area contributed by atoms with Crippen molar-refractivity contribution < 1.29 is 4.79 Å². The predicted octanol–water partition coefficient (Wildman–Crippen LogP) is 4.63. The molecule has 1 saturated carbocycles. The molecule has 0 bridgehead atoms. The summed E-state index contributed by atoms with van der Waals surface area (Å²) in [7, 11) is 0. The largest absolute Gasteiger partial charge is 0.297 e. The number of carbonyl (C=O) groups excluding carboxylic acids is 1. The first-order valence-electron chi connectivity index (χ1n) is 8.10. The lowest BCUT2D eigenvalue weighted by molar-refractivity contribution is -0.112. The standard InChI is InChI=1S/C18H21N3OS/c1-13(12-14-8-4-2-5-9-14)16(22)19-18-21-20-17(23-18)15-10-6-3-7-11-15/h2,4-5,8-9,12,15H,3,6-7,10-11H2,1H3,(H,19,21,22). The quantitative estimate of drug-likeness (QED) is 0.833. The van der Waals surface area contributed by atoms with Gasteiger partial charge in [0.15, 0.2) is 0 Å². The van der Waals surface area contributed by atoms with Gasteiger partial charge in [0.05, 0.1) is 0 Å². The van der Waals surface area contributed by atoms with E-state index < -0.39 is 0 Å². The minimum atomic E-state index is -0.125. The molecule has 0 radical (unpaired) electrons. The van der Waals surface area contributed by atoms with Gasteiger partial charge in [0.25, 0.3) is 5.91 Å². The molecule has 1 aromatic heterocycles. The average Bonchev–Trinajstić information content (AvgIpc) is 3.05. The monoisotopic (exact) mass is 327 g/mol. The van der Waals surface area contributed by atoms with E-state index in [-0.39, 0.29) is 5.91 Å². The van der Waals surface area contributed by atoms with Crippen molar-refractivity contribution in [1.29, 1.82) is 0 Å². The number of rotatable bonds is 4. The summed E-state index contributed by atoms with van der Waals surface area (Å²) in [5.74, 6) is 0.396. The fourth-order valence-corrected chi connectivity index (χ4v) is 3.77. The molecule has 0 spiro atoms. The number of nitrogens with one attached hydrogen (secondary N) is 1. The summed E-state index contributed by atoms with van der Waals surface area (Å²) in [5, 5.41) is 12.9. The molecule has 23 heavy (non-hydrogen) atoms. The molecule has 0 aliphatic heterocycles. The van der Waals surface area contributed by atoms with Gasteiger partial charge in [-0.3, -0.25) is 10.1 Å². The summed E-state index contributed by atoms with van der Waals surface area (Å²) in [6.07, 6.45) is 8.11. The first-order valence-corrected chi connectivity index (χ1v) is 8.92. The summed E-state index contributed by atoms with van der Waals surface area (Å²) < 4.78 is 0. The zero-order valence-electron chi connectivity index (χ0n) is 13.3. The molecule has 0 saturated heterocycles. The fourth-order valence-electron chi connectivity index (χ4n) is 2.86.